The molecule has 0 aromatic heterocycles. The second kappa shape index (κ2) is 4.80. The summed E-state index contributed by atoms with van der Waals surface area (Å²) in [6.45, 7) is 0. The molecule has 1 N–H and O–H groups in total. The summed E-state index contributed by atoms with van der Waals surface area (Å²) < 4.78 is 5.10. The summed E-state index contributed by atoms with van der Waals surface area (Å²) in [5, 5.41) is 18.2. The van der Waals surface area contributed by atoms with Crippen LogP contribution in [0.4, 0.5) is 0 Å². The maximum absolute atomic E-state index is 11.1. The number of hydrogen-bond acceptors (Lipinski definition) is 4. The highest BCUT2D eigenvalue weighted by atomic mass is 79.9. The zero-order valence-electron chi connectivity index (χ0n) is 7.95. The molecular weight excluding hydrogens is 262 g/mol. The molecule has 1 aromatic rings. The standard InChI is InChI=1S/C10H8BrNO3/c1-15-10(14)4-6-7(5-12)9(13)3-2-8(6)11/h2-3,13H,4H2,1H3. The Morgan fingerprint density at radius 1 is 1.67 bits per heavy atom. The molecule has 0 saturated heterocycles. The summed E-state index contributed by atoms with van der Waals surface area (Å²) >= 11 is 3.21. The van der Waals surface area contributed by atoms with Gasteiger partial charge < -0.3 is 9.84 Å². The fraction of sp³-hybridized carbons (Fsp3) is 0.200. The maximum atomic E-state index is 11.1. The molecule has 0 fully saturated rings. The number of halogens is 1. The van der Waals surface area contributed by atoms with Crippen molar-refractivity contribution >= 4 is 21.9 Å². The molecule has 0 radical (unpaired) electrons. The Labute approximate surface area is 95.2 Å². The molecule has 1 aromatic carbocycles. The minimum absolute atomic E-state index is 0.0472. The van der Waals surface area contributed by atoms with Crippen molar-refractivity contribution < 1.29 is 14.6 Å². The fourth-order valence-corrected chi connectivity index (χ4v) is 1.59. The van der Waals surface area contributed by atoms with Crippen molar-refractivity contribution in [3.63, 3.8) is 0 Å². The number of benzene rings is 1. The third-order valence-corrected chi connectivity index (χ3v) is 2.64. The number of hydrogen-bond donors (Lipinski definition) is 1. The minimum atomic E-state index is -0.460. The van der Waals surface area contributed by atoms with Crippen molar-refractivity contribution in [1.82, 2.24) is 0 Å². The second-order valence-electron chi connectivity index (χ2n) is 2.78. The first-order chi connectivity index (χ1) is 7.10. The molecule has 0 saturated carbocycles. The number of phenolic OH excluding ortho intramolecular Hbond substituents is 1. The molecule has 1 rings (SSSR count). The van der Waals surface area contributed by atoms with Crippen LogP contribution in [0.5, 0.6) is 5.75 Å². The van der Waals surface area contributed by atoms with Gasteiger partial charge in [-0.1, -0.05) is 15.9 Å². The first-order valence-electron chi connectivity index (χ1n) is 4.07. The van der Waals surface area contributed by atoms with E-state index in [4.69, 9.17) is 5.26 Å². The molecule has 0 aliphatic rings. The lowest BCUT2D eigenvalue weighted by molar-refractivity contribution is -0.139. The quantitative estimate of drug-likeness (QED) is 0.831. The smallest absolute Gasteiger partial charge is 0.310 e. The second-order valence-corrected chi connectivity index (χ2v) is 3.64. The molecule has 0 unspecified atom stereocenters. The van der Waals surface area contributed by atoms with Crippen molar-refractivity contribution in [3.05, 3.63) is 27.7 Å². The van der Waals surface area contributed by atoms with Crippen molar-refractivity contribution in [2.24, 2.45) is 0 Å². The highest BCUT2D eigenvalue weighted by Crippen LogP contribution is 2.28. The van der Waals surface area contributed by atoms with Gasteiger partial charge in [0.15, 0.2) is 0 Å². The SMILES string of the molecule is COC(=O)Cc1c(Br)ccc(O)c1C#N. The van der Waals surface area contributed by atoms with E-state index in [1.807, 2.05) is 6.07 Å². The Hall–Kier alpha value is -1.54. The minimum Gasteiger partial charge on any atom is -0.507 e. The van der Waals surface area contributed by atoms with E-state index in [9.17, 15) is 9.90 Å². The summed E-state index contributed by atoms with van der Waals surface area (Å²) in [4.78, 5) is 11.1. The number of rotatable bonds is 2. The highest BCUT2D eigenvalue weighted by Gasteiger charge is 2.14. The molecule has 0 bridgehead atoms. The fourth-order valence-electron chi connectivity index (χ4n) is 1.12. The Kier molecular flexibility index (Phi) is 3.69. The van der Waals surface area contributed by atoms with Gasteiger partial charge in [-0.2, -0.15) is 5.26 Å². The lowest BCUT2D eigenvalue weighted by Gasteiger charge is -2.06. The highest BCUT2D eigenvalue weighted by molar-refractivity contribution is 9.10. The summed E-state index contributed by atoms with van der Waals surface area (Å²) in [5.41, 5.74) is 0.527. The molecule has 15 heavy (non-hydrogen) atoms. The van der Waals surface area contributed by atoms with E-state index in [0.717, 1.165) is 0 Å². The molecule has 0 amide bonds. The van der Waals surface area contributed by atoms with Crippen molar-refractivity contribution in [1.29, 1.82) is 5.26 Å². The van der Waals surface area contributed by atoms with Crippen LogP contribution in [0, 0.1) is 11.3 Å². The summed E-state index contributed by atoms with van der Waals surface area (Å²) in [6, 6.07) is 4.82. The molecule has 0 heterocycles. The van der Waals surface area contributed by atoms with E-state index in [-0.39, 0.29) is 17.7 Å². The van der Waals surface area contributed by atoms with Crippen LogP contribution in [0.2, 0.25) is 0 Å². The van der Waals surface area contributed by atoms with Crippen LogP contribution >= 0.6 is 15.9 Å². The number of methoxy groups -OCH3 is 1. The predicted octanol–water partition coefficient (Wildman–Crippen LogP) is 1.74. The molecule has 0 aliphatic heterocycles. The zero-order valence-corrected chi connectivity index (χ0v) is 9.54. The first-order valence-corrected chi connectivity index (χ1v) is 4.86. The average molecular weight is 270 g/mol. The molecule has 4 nitrogen and oxygen atoms in total. The van der Waals surface area contributed by atoms with Crippen LogP contribution in [0.3, 0.4) is 0 Å². The van der Waals surface area contributed by atoms with E-state index in [2.05, 4.69) is 20.7 Å². The van der Waals surface area contributed by atoms with Crippen LogP contribution in [0.25, 0.3) is 0 Å². The zero-order chi connectivity index (χ0) is 11.4. The normalized spacial score (nSPS) is 9.40. The van der Waals surface area contributed by atoms with Crippen LogP contribution < -0.4 is 0 Å². The van der Waals surface area contributed by atoms with Gasteiger partial charge in [0.25, 0.3) is 0 Å². The van der Waals surface area contributed by atoms with Crippen LogP contribution in [-0.4, -0.2) is 18.2 Å². The van der Waals surface area contributed by atoms with Gasteiger partial charge in [0.1, 0.15) is 11.8 Å². The molecule has 0 spiro atoms. The molecule has 5 heteroatoms. The van der Waals surface area contributed by atoms with E-state index in [1.165, 1.54) is 13.2 Å². The number of esters is 1. The first kappa shape index (κ1) is 11.5. The Morgan fingerprint density at radius 3 is 2.87 bits per heavy atom. The van der Waals surface area contributed by atoms with Crippen molar-refractivity contribution in [2.75, 3.05) is 7.11 Å². The summed E-state index contributed by atoms with van der Waals surface area (Å²) in [6.07, 6.45) is -0.0472. The van der Waals surface area contributed by atoms with E-state index in [1.54, 1.807) is 6.07 Å². The van der Waals surface area contributed by atoms with E-state index < -0.39 is 5.97 Å². The number of nitriles is 1. The summed E-state index contributed by atoms with van der Waals surface area (Å²) in [7, 11) is 1.27. The maximum Gasteiger partial charge on any atom is 0.310 e. The van der Waals surface area contributed by atoms with Gasteiger partial charge in [0.2, 0.25) is 0 Å². The molecule has 0 atom stereocenters. The molecular formula is C10H8BrNO3. The lowest BCUT2D eigenvalue weighted by atomic mass is 10.0. The van der Waals surface area contributed by atoms with Crippen molar-refractivity contribution in [3.8, 4) is 11.8 Å². The monoisotopic (exact) mass is 269 g/mol. The van der Waals surface area contributed by atoms with Gasteiger partial charge in [-0.25, -0.2) is 0 Å². The number of aromatic hydroxyl groups is 1. The van der Waals surface area contributed by atoms with Crippen molar-refractivity contribution in [2.45, 2.75) is 6.42 Å². The Morgan fingerprint density at radius 2 is 2.33 bits per heavy atom. The van der Waals surface area contributed by atoms with Gasteiger partial charge in [-0.05, 0) is 17.7 Å². The topological polar surface area (TPSA) is 70.3 Å². The van der Waals surface area contributed by atoms with Crippen LogP contribution in [-0.2, 0) is 16.0 Å². The Balaban J connectivity index is 3.21. The Bertz CT molecular complexity index is 437. The number of phenols is 1. The van der Waals surface area contributed by atoms with E-state index >= 15 is 0 Å². The summed E-state index contributed by atoms with van der Waals surface area (Å²) in [5.74, 6) is -0.600. The lowest BCUT2D eigenvalue weighted by Crippen LogP contribution is -2.06. The molecule has 0 aliphatic carbocycles. The third-order valence-electron chi connectivity index (χ3n) is 1.89. The van der Waals surface area contributed by atoms with Gasteiger partial charge in [0.05, 0.1) is 19.1 Å². The van der Waals surface area contributed by atoms with Crippen LogP contribution in [0.15, 0.2) is 16.6 Å². The average Bonchev–Trinajstić information content (AvgIpc) is 2.23. The van der Waals surface area contributed by atoms with Crippen LogP contribution in [0.1, 0.15) is 11.1 Å². The number of nitrogens with zero attached hydrogens (tertiary/aromatic N) is 1. The third kappa shape index (κ3) is 2.48. The van der Waals surface area contributed by atoms with Gasteiger partial charge in [-0.15, -0.1) is 0 Å². The largest absolute Gasteiger partial charge is 0.507 e. The predicted molar refractivity (Wildman–Crippen MR) is 56.2 cm³/mol. The number of ether oxygens (including phenoxy) is 1. The van der Waals surface area contributed by atoms with Gasteiger partial charge in [-0.3, -0.25) is 4.79 Å². The van der Waals surface area contributed by atoms with Gasteiger partial charge in [0, 0.05) is 4.47 Å². The van der Waals surface area contributed by atoms with Gasteiger partial charge >= 0.3 is 5.97 Å². The molecule has 78 valence electrons. The number of carbonyl (C=O) groups is 1. The number of carbonyl (C=O) groups excluding carboxylic acids is 1. The van der Waals surface area contributed by atoms with E-state index in [0.29, 0.717) is 10.0 Å².